The first-order valence-corrected chi connectivity index (χ1v) is 6.90. The minimum Gasteiger partial charge on any atom is -0.481 e. The summed E-state index contributed by atoms with van der Waals surface area (Å²) in [6, 6.07) is 4.89. The number of aliphatic carboxylic acids is 1. The van der Waals surface area contributed by atoms with Gasteiger partial charge in [-0.05, 0) is 30.0 Å². The molecule has 0 aromatic heterocycles. The number of hydrogen-bond donors (Lipinski definition) is 2. The largest absolute Gasteiger partial charge is 0.481 e. The molecule has 0 bridgehead atoms. The molecule has 0 atom stereocenters. The lowest BCUT2D eigenvalue weighted by Gasteiger charge is -2.37. The average Bonchev–Trinajstić information content (AvgIpc) is 2.37. The molecule has 114 valence electrons. The number of carboxylic acid groups (broad SMARTS) is 1. The summed E-state index contributed by atoms with van der Waals surface area (Å²) in [7, 11) is 0. The summed E-state index contributed by atoms with van der Waals surface area (Å²) in [6.07, 6.45) is 0.154. The molecule has 6 heteroatoms. The molecule has 5 nitrogen and oxygen atoms in total. The van der Waals surface area contributed by atoms with Gasteiger partial charge in [-0.15, -0.1) is 0 Å². The SMILES string of the molecule is Cc1ccc(CNC(=O)CN2CC(CC(=O)O)C2)cc1F. The van der Waals surface area contributed by atoms with Crippen LogP contribution in [0.3, 0.4) is 0 Å². The normalized spacial score (nSPS) is 15.5. The van der Waals surface area contributed by atoms with Crippen LogP contribution in [0.25, 0.3) is 0 Å². The predicted molar refractivity (Wildman–Crippen MR) is 75.2 cm³/mol. The first-order chi connectivity index (χ1) is 9.94. The maximum absolute atomic E-state index is 13.4. The lowest BCUT2D eigenvalue weighted by atomic mass is 9.96. The minimum atomic E-state index is -0.800. The number of nitrogens with zero attached hydrogens (tertiary/aromatic N) is 1. The Morgan fingerprint density at radius 2 is 2.14 bits per heavy atom. The molecule has 0 spiro atoms. The molecular formula is C15H19FN2O3. The van der Waals surface area contributed by atoms with Crippen molar-refractivity contribution in [2.24, 2.45) is 5.92 Å². The Kier molecular flexibility index (Phi) is 4.90. The van der Waals surface area contributed by atoms with Crippen LogP contribution in [-0.2, 0) is 16.1 Å². The van der Waals surface area contributed by atoms with Crippen molar-refractivity contribution in [3.05, 3.63) is 35.1 Å². The minimum absolute atomic E-state index is 0.134. The Hall–Kier alpha value is -1.95. The Balaban J connectivity index is 1.69. The zero-order chi connectivity index (χ0) is 15.4. The van der Waals surface area contributed by atoms with Crippen LogP contribution in [0.5, 0.6) is 0 Å². The highest BCUT2D eigenvalue weighted by Gasteiger charge is 2.29. The fraction of sp³-hybridized carbons (Fsp3) is 0.467. The third-order valence-corrected chi connectivity index (χ3v) is 3.59. The van der Waals surface area contributed by atoms with Crippen LogP contribution < -0.4 is 5.32 Å². The first-order valence-electron chi connectivity index (χ1n) is 6.90. The molecule has 1 aromatic rings. The molecule has 1 fully saturated rings. The maximum Gasteiger partial charge on any atom is 0.303 e. The quantitative estimate of drug-likeness (QED) is 0.826. The van der Waals surface area contributed by atoms with E-state index in [0.29, 0.717) is 25.2 Å². The van der Waals surface area contributed by atoms with Crippen molar-refractivity contribution in [2.75, 3.05) is 19.6 Å². The molecule has 2 rings (SSSR count). The second-order valence-electron chi connectivity index (χ2n) is 5.52. The summed E-state index contributed by atoms with van der Waals surface area (Å²) in [5.74, 6) is -1.07. The van der Waals surface area contributed by atoms with Crippen molar-refractivity contribution in [1.29, 1.82) is 0 Å². The fourth-order valence-corrected chi connectivity index (χ4v) is 2.39. The third kappa shape index (κ3) is 4.53. The molecule has 1 aliphatic rings. The number of carboxylic acids is 1. The van der Waals surface area contributed by atoms with Gasteiger partial charge in [0.15, 0.2) is 0 Å². The van der Waals surface area contributed by atoms with E-state index in [9.17, 15) is 14.0 Å². The van der Waals surface area contributed by atoms with E-state index in [2.05, 4.69) is 5.32 Å². The van der Waals surface area contributed by atoms with Crippen LogP contribution in [0.2, 0.25) is 0 Å². The van der Waals surface area contributed by atoms with E-state index < -0.39 is 5.97 Å². The van der Waals surface area contributed by atoms with E-state index in [4.69, 9.17) is 5.11 Å². The van der Waals surface area contributed by atoms with Gasteiger partial charge in [0.2, 0.25) is 5.91 Å². The maximum atomic E-state index is 13.4. The number of benzene rings is 1. The summed E-state index contributed by atoms with van der Waals surface area (Å²) in [5, 5.41) is 11.4. The van der Waals surface area contributed by atoms with Gasteiger partial charge in [0.05, 0.1) is 13.0 Å². The lowest BCUT2D eigenvalue weighted by molar-refractivity contribution is -0.139. The molecule has 1 aromatic carbocycles. The number of rotatable bonds is 6. The van der Waals surface area contributed by atoms with Crippen LogP contribution >= 0.6 is 0 Å². The molecular weight excluding hydrogens is 275 g/mol. The van der Waals surface area contributed by atoms with Gasteiger partial charge in [0, 0.05) is 19.6 Å². The summed E-state index contributed by atoms with van der Waals surface area (Å²) >= 11 is 0. The van der Waals surface area contributed by atoms with Crippen LogP contribution in [0, 0.1) is 18.7 Å². The van der Waals surface area contributed by atoms with E-state index >= 15 is 0 Å². The number of amides is 1. The molecule has 21 heavy (non-hydrogen) atoms. The first kappa shape index (κ1) is 15.4. The molecule has 1 heterocycles. The van der Waals surface area contributed by atoms with Gasteiger partial charge < -0.3 is 10.4 Å². The summed E-state index contributed by atoms with van der Waals surface area (Å²) < 4.78 is 13.4. The number of carbonyl (C=O) groups is 2. The van der Waals surface area contributed by atoms with Gasteiger partial charge in [0.1, 0.15) is 5.82 Å². The highest BCUT2D eigenvalue weighted by atomic mass is 19.1. The molecule has 0 saturated carbocycles. The molecule has 0 unspecified atom stereocenters. The molecule has 1 amide bonds. The lowest BCUT2D eigenvalue weighted by Crippen LogP contribution is -2.51. The number of halogens is 1. The third-order valence-electron chi connectivity index (χ3n) is 3.59. The molecule has 2 N–H and O–H groups in total. The number of likely N-dealkylation sites (tertiary alicyclic amines) is 1. The Bertz CT molecular complexity index is 542. The molecule has 1 aliphatic heterocycles. The number of nitrogens with one attached hydrogen (secondary N) is 1. The van der Waals surface area contributed by atoms with E-state index in [1.165, 1.54) is 6.07 Å². The second kappa shape index (κ2) is 6.67. The van der Waals surface area contributed by atoms with Gasteiger partial charge in [-0.25, -0.2) is 4.39 Å². The number of carbonyl (C=O) groups excluding carboxylic acids is 1. The highest BCUT2D eigenvalue weighted by Crippen LogP contribution is 2.18. The van der Waals surface area contributed by atoms with Gasteiger partial charge in [-0.1, -0.05) is 12.1 Å². The van der Waals surface area contributed by atoms with Crippen molar-refractivity contribution >= 4 is 11.9 Å². The van der Waals surface area contributed by atoms with Gasteiger partial charge in [0.25, 0.3) is 0 Å². The summed E-state index contributed by atoms with van der Waals surface area (Å²) in [6.45, 7) is 3.51. The topological polar surface area (TPSA) is 69.6 Å². The van der Waals surface area contributed by atoms with E-state index in [0.717, 1.165) is 5.56 Å². The van der Waals surface area contributed by atoms with Gasteiger partial charge >= 0.3 is 5.97 Å². The summed E-state index contributed by atoms with van der Waals surface area (Å²) in [4.78, 5) is 24.2. The average molecular weight is 294 g/mol. The zero-order valence-electron chi connectivity index (χ0n) is 11.9. The van der Waals surface area contributed by atoms with Crippen LogP contribution in [0.4, 0.5) is 4.39 Å². The van der Waals surface area contributed by atoms with Gasteiger partial charge in [-0.3, -0.25) is 14.5 Å². The van der Waals surface area contributed by atoms with Crippen LogP contribution in [-0.4, -0.2) is 41.5 Å². The summed E-state index contributed by atoms with van der Waals surface area (Å²) in [5.41, 5.74) is 1.30. The smallest absolute Gasteiger partial charge is 0.303 e. The highest BCUT2D eigenvalue weighted by molar-refractivity contribution is 5.78. The van der Waals surface area contributed by atoms with Crippen molar-refractivity contribution in [1.82, 2.24) is 10.2 Å². The van der Waals surface area contributed by atoms with E-state index in [-0.39, 0.29) is 30.6 Å². The Morgan fingerprint density at radius 3 is 2.76 bits per heavy atom. The monoisotopic (exact) mass is 294 g/mol. The second-order valence-corrected chi connectivity index (χ2v) is 5.52. The fourth-order valence-electron chi connectivity index (χ4n) is 2.39. The standard InChI is InChI=1S/C15H19FN2O3/c1-10-2-3-11(4-13(10)16)6-17-14(19)9-18-7-12(8-18)5-15(20)21/h2-4,12H,5-9H2,1H3,(H,17,19)(H,20,21). The predicted octanol–water partition coefficient (Wildman–Crippen LogP) is 1.16. The molecule has 0 aliphatic carbocycles. The number of hydrogen-bond acceptors (Lipinski definition) is 3. The van der Waals surface area contributed by atoms with Crippen molar-refractivity contribution in [3.8, 4) is 0 Å². The van der Waals surface area contributed by atoms with Crippen LogP contribution in [0.1, 0.15) is 17.5 Å². The Morgan fingerprint density at radius 1 is 1.43 bits per heavy atom. The van der Waals surface area contributed by atoms with E-state index in [1.807, 2.05) is 4.90 Å². The number of aryl methyl sites for hydroxylation is 1. The van der Waals surface area contributed by atoms with Crippen LogP contribution in [0.15, 0.2) is 18.2 Å². The van der Waals surface area contributed by atoms with Crippen molar-refractivity contribution in [3.63, 3.8) is 0 Å². The zero-order valence-corrected chi connectivity index (χ0v) is 11.9. The van der Waals surface area contributed by atoms with Crippen molar-refractivity contribution in [2.45, 2.75) is 19.9 Å². The molecule has 1 saturated heterocycles. The Labute approximate surface area is 122 Å². The molecule has 0 radical (unpaired) electrons. The van der Waals surface area contributed by atoms with E-state index in [1.54, 1.807) is 19.1 Å². The van der Waals surface area contributed by atoms with Gasteiger partial charge in [-0.2, -0.15) is 0 Å². The van der Waals surface area contributed by atoms with Crippen molar-refractivity contribution < 1.29 is 19.1 Å².